The van der Waals surface area contributed by atoms with Crippen molar-refractivity contribution in [3.8, 4) is 0 Å². The quantitative estimate of drug-likeness (QED) is 0.674. The molecule has 0 unspecified atom stereocenters. The molecule has 0 aliphatic heterocycles. The number of hydrogen-bond donors (Lipinski definition) is 2. The number of sulfonamides is 1. The fraction of sp³-hybridized carbons (Fsp3) is 0.250. The fourth-order valence-corrected chi connectivity index (χ4v) is 3.84. The Kier molecular flexibility index (Phi) is 5.47. The second-order valence-corrected chi connectivity index (χ2v) is 7.53. The van der Waals surface area contributed by atoms with Crippen molar-refractivity contribution >= 4 is 49.9 Å². The highest BCUT2D eigenvalue weighted by Crippen LogP contribution is 2.24. The van der Waals surface area contributed by atoms with Crippen LogP contribution in [0.3, 0.4) is 0 Å². The predicted molar refractivity (Wildman–Crippen MR) is 88.9 cm³/mol. The van der Waals surface area contributed by atoms with E-state index in [4.69, 9.17) is 16.7 Å². The van der Waals surface area contributed by atoms with Crippen LogP contribution >= 0.6 is 34.2 Å². The van der Waals surface area contributed by atoms with Crippen molar-refractivity contribution in [2.24, 2.45) is 0 Å². The third kappa shape index (κ3) is 4.31. The minimum absolute atomic E-state index is 0.0309. The van der Waals surface area contributed by atoms with E-state index in [1.807, 2.05) is 22.6 Å². The lowest BCUT2D eigenvalue weighted by molar-refractivity contribution is 0.277. The SMILES string of the molecule is O=S(=O)(Nc1ccc(Cl)cc1I)c1cnn(CCCO)c1. The van der Waals surface area contributed by atoms with Crippen molar-refractivity contribution in [3.05, 3.63) is 39.2 Å². The molecule has 9 heteroatoms. The predicted octanol–water partition coefficient (Wildman–Crippen LogP) is 2.32. The van der Waals surface area contributed by atoms with Gasteiger partial charge in [-0.1, -0.05) is 11.6 Å². The van der Waals surface area contributed by atoms with E-state index in [0.29, 0.717) is 27.2 Å². The molecule has 114 valence electrons. The zero-order valence-corrected chi connectivity index (χ0v) is 14.6. The molecule has 2 rings (SSSR count). The van der Waals surface area contributed by atoms with Crippen molar-refractivity contribution in [2.75, 3.05) is 11.3 Å². The number of rotatable bonds is 6. The van der Waals surface area contributed by atoms with Crippen LogP contribution in [0.1, 0.15) is 6.42 Å². The number of aryl methyl sites for hydroxylation is 1. The number of hydrogen-bond acceptors (Lipinski definition) is 4. The maximum atomic E-state index is 12.3. The number of nitrogens with zero attached hydrogens (tertiary/aromatic N) is 2. The number of aliphatic hydroxyl groups excluding tert-OH is 1. The van der Waals surface area contributed by atoms with E-state index in [0.717, 1.165) is 0 Å². The van der Waals surface area contributed by atoms with Gasteiger partial charge in [0.1, 0.15) is 4.90 Å². The zero-order valence-electron chi connectivity index (χ0n) is 10.8. The van der Waals surface area contributed by atoms with E-state index in [9.17, 15) is 8.42 Å². The van der Waals surface area contributed by atoms with Gasteiger partial charge in [0.25, 0.3) is 10.0 Å². The minimum Gasteiger partial charge on any atom is -0.396 e. The van der Waals surface area contributed by atoms with E-state index < -0.39 is 10.0 Å². The van der Waals surface area contributed by atoms with Gasteiger partial charge in [0, 0.05) is 27.9 Å². The van der Waals surface area contributed by atoms with E-state index in [1.165, 1.54) is 17.1 Å². The monoisotopic (exact) mass is 441 g/mol. The average Bonchev–Trinajstić information content (AvgIpc) is 2.89. The summed E-state index contributed by atoms with van der Waals surface area (Å²) >= 11 is 7.85. The lowest BCUT2D eigenvalue weighted by Crippen LogP contribution is -2.13. The molecule has 0 radical (unpaired) electrons. The summed E-state index contributed by atoms with van der Waals surface area (Å²) in [5, 5.41) is 13.3. The van der Waals surface area contributed by atoms with Crippen LogP contribution in [-0.4, -0.2) is 29.9 Å². The summed E-state index contributed by atoms with van der Waals surface area (Å²) in [7, 11) is -3.70. The molecule has 1 heterocycles. The summed E-state index contributed by atoms with van der Waals surface area (Å²) in [6, 6.07) is 4.90. The van der Waals surface area contributed by atoms with Crippen LogP contribution in [0.4, 0.5) is 5.69 Å². The van der Waals surface area contributed by atoms with E-state index in [-0.39, 0.29) is 11.5 Å². The number of halogens is 2. The second-order valence-electron chi connectivity index (χ2n) is 4.25. The molecule has 21 heavy (non-hydrogen) atoms. The van der Waals surface area contributed by atoms with Gasteiger partial charge < -0.3 is 5.11 Å². The molecular weight excluding hydrogens is 429 g/mol. The molecule has 0 amide bonds. The van der Waals surface area contributed by atoms with Crippen LogP contribution in [0, 0.1) is 3.57 Å². The normalized spacial score (nSPS) is 11.6. The summed E-state index contributed by atoms with van der Waals surface area (Å²) in [6.45, 7) is 0.494. The molecule has 0 saturated heterocycles. The van der Waals surface area contributed by atoms with Crippen LogP contribution in [0.15, 0.2) is 35.5 Å². The van der Waals surface area contributed by atoms with Gasteiger partial charge >= 0.3 is 0 Å². The van der Waals surface area contributed by atoms with Crippen molar-refractivity contribution in [1.29, 1.82) is 0 Å². The Hall–Kier alpha value is -0.840. The Morgan fingerprint density at radius 1 is 1.43 bits per heavy atom. The zero-order chi connectivity index (χ0) is 15.5. The second kappa shape index (κ2) is 6.95. The molecule has 0 bridgehead atoms. The molecule has 2 aromatic rings. The van der Waals surface area contributed by atoms with Gasteiger partial charge in [-0.25, -0.2) is 8.42 Å². The van der Waals surface area contributed by atoms with E-state index in [2.05, 4.69) is 9.82 Å². The van der Waals surface area contributed by atoms with Crippen molar-refractivity contribution in [3.63, 3.8) is 0 Å². The smallest absolute Gasteiger partial charge is 0.265 e. The van der Waals surface area contributed by atoms with Crippen LogP contribution in [-0.2, 0) is 16.6 Å². The molecule has 2 N–H and O–H groups in total. The molecule has 1 aromatic heterocycles. The summed E-state index contributed by atoms with van der Waals surface area (Å²) in [5.74, 6) is 0. The first-order chi connectivity index (χ1) is 9.92. The standard InChI is InChI=1S/C12H13ClIN3O3S/c13-9-2-3-12(11(14)6-9)16-21(19,20)10-7-15-17(8-10)4-1-5-18/h2-3,6-8,16,18H,1,4-5H2. The number of nitrogens with one attached hydrogen (secondary N) is 1. The Balaban J connectivity index is 2.19. The molecule has 0 spiro atoms. The van der Waals surface area contributed by atoms with E-state index in [1.54, 1.807) is 18.2 Å². The molecule has 0 aliphatic rings. The Morgan fingerprint density at radius 3 is 2.86 bits per heavy atom. The highest BCUT2D eigenvalue weighted by Gasteiger charge is 2.18. The fourth-order valence-electron chi connectivity index (χ4n) is 1.61. The maximum absolute atomic E-state index is 12.3. The largest absolute Gasteiger partial charge is 0.396 e. The number of aliphatic hydroxyl groups is 1. The van der Waals surface area contributed by atoms with Crippen LogP contribution in [0.25, 0.3) is 0 Å². The first kappa shape index (κ1) is 16.5. The summed E-state index contributed by atoms with van der Waals surface area (Å²) in [6.07, 6.45) is 3.23. The third-order valence-corrected chi connectivity index (χ3v) is 5.09. The Morgan fingerprint density at radius 2 is 2.19 bits per heavy atom. The minimum atomic E-state index is -3.70. The molecule has 0 fully saturated rings. The van der Waals surface area contributed by atoms with Crippen LogP contribution in [0.5, 0.6) is 0 Å². The first-order valence-corrected chi connectivity index (χ1v) is 8.97. The summed E-state index contributed by atoms with van der Waals surface area (Å²) in [4.78, 5) is 0.0752. The van der Waals surface area contributed by atoms with Gasteiger partial charge in [-0.3, -0.25) is 9.40 Å². The van der Waals surface area contributed by atoms with Crippen molar-refractivity contribution in [2.45, 2.75) is 17.9 Å². The summed E-state index contributed by atoms with van der Waals surface area (Å²) < 4.78 is 29.2. The molecular formula is C12H13ClIN3O3S. The number of benzene rings is 1. The Labute approximate surface area is 141 Å². The van der Waals surface area contributed by atoms with Gasteiger partial charge in [-0.05, 0) is 47.2 Å². The Bertz CT molecular complexity index is 733. The van der Waals surface area contributed by atoms with Crippen LogP contribution in [0.2, 0.25) is 5.02 Å². The average molecular weight is 442 g/mol. The van der Waals surface area contributed by atoms with Gasteiger partial charge in [0.2, 0.25) is 0 Å². The maximum Gasteiger partial charge on any atom is 0.265 e. The molecule has 6 nitrogen and oxygen atoms in total. The van der Waals surface area contributed by atoms with Crippen molar-refractivity contribution in [1.82, 2.24) is 9.78 Å². The number of anilines is 1. The molecule has 0 atom stereocenters. The van der Waals surface area contributed by atoms with Gasteiger partial charge in [-0.15, -0.1) is 0 Å². The lowest BCUT2D eigenvalue weighted by atomic mass is 10.3. The van der Waals surface area contributed by atoms with Crippen molar-refractivity contribution < 1.29 is 13.5 Å². The lowest BCUT2D eigenvalue weighted by Gasteiger charge is -2.08. The highest BCUT2D eigenvalue weighted by molar-refractivity contribution is 14.1. The number of aromatic nitrogens is 2. The molecule has 0 aliphatic carbocycles. The van der Waals surface area contributed by atoms with Gasteiger partial charge in [-0.2, -0.15) is 5.10 Å². The molecule has 1 aromatic carbocycles. The third-order valence-electron chi connectivity index (χ3n) is 2.64. The first-order valence-electron chi connectivity index (χ1n) is 6.03. The van der Waals surface area contributed by atoms with E-state index >= 15 is 0 Å². The molecule has 0 saturated carbocycles. The van der Waals surface area contributed by atoms with Crippen LogP contribution < -0.4 is 4.72 Å². The topological polar surface area (TPSA) is 84.2 Å². The van der Waals surface area contributed by atoms with Gasteiger partial charge in [0.15, 0.2) is 0 Å². The van der Waals surface area contributed by atoms with Gasteiger partial charge in [0.05, 0.1) is 11.9 Å². The highest BCUT2D eigenvalue weighted by atomic mass is 127. The summed E-state index contributed by atoms with van der Waals surface area (Å²) in [5.41, 5.74) is 0.461.